The number of halogens is 1. The Balaban J connectivity index is 1.80. The highest BCUT2D eigenvalue weighted by Crippen LogP contribution is 2.28. The van der Waals surface area contributed by atoms with Gasteiger partial charge in [0.15, 0.2) is 0 Å². The maximum absolute atomic E-state index is 13.2. The van der Waals surface area contributed by atoms with Gasteiger partial charge in [-0.3, -0.25) is 9.59 Å². The third-order valence-electron chi connectivity index (χ3n) is 5.06. The number of carbonyl (C=O) groups excluding carboxylic acids is 3. The van der Waals surface area contributed by atoms with Gasteiger partial charge in [0, 0.05) is 17.3 Å². The van der Waals surface area contributed by atoms with Crippen molar-refractivity contribution in [2.45, 2.75) is 39.7 Å². The van der Waals surface area contributed by atoms with Crippen molar-refractivity contribution in [3.8, 4) is 0 Å². The van der Waals surface area contributed by atoms with E-state index < -0.39 is 6.04 Å². The summed E-state index contributed by atoms with van der Waals surface area (Å²) in [6, 6.07) is 12.7. The molecule has 30 heavy (non-hydrogen) atoms. The van der Waals surface area contributed by atoms with Crippen LogP contribution in [0, 0.1) is 12.8 Å². The van der Waals surface area contributed by atoms with Gasteiger partial charge in [-0.1, -0.05) is 43.1 Å². The smallest absolute Gasteiger partial charge is 0.326 e. The number of amides is 4. The molecule has 2 aromatic carbocycles. The Kier molecular flexibility index (Phi) is 6.77. The number of nitrogens with zero attached hydrogens (tertiary/aromatic N) is 2. The number of rotatable bonds is 7. The number of urea groups is 1. The van der Waals surface area contributed by atoms with Crippen LogP contribution in [-0.2, 0) is 9.59 Å². The van der Waals surface area contributed by atoms with Gasteiger partial charge >= 0.3 is 6.03 Å². The fourth-order valence-corrected chi connectivity index (χ4v) is 3.46. The largest absolute Gasteiger partial charge is 0.332 e. The van der Waals surface area contributed by atoms with Crippen molar-refractivity contribution < 1.29 is 14.4 Å². The third-order valence-corrected chi connectivity index (χ3v) is 5.32. The highest BCUT2D eigenvalue weighted by atomic mass is 35.5. The summed E-state index contributed by atoms with van der Waals surface area (Å²) in [4.78, 5) is 41.6. The zero-order valence-electron chi connectivity index (χ0n) is 17.4. The molecule has 1 unspecified atom stereocenters. The van der Waals surface area contributed by atoms with Gasteiger partial charge in [-0.25, -0.2) is 9.69 Å². The fourth-order valence-electron chi connectivity index (χ4n) is 3.34. The van der Waals surface area contributed by atoms with Crippen LogP contribution in [-0.4, -0.2) is 35.3 Å². The number of hydrogen-bond acceptors (Lipinski definition) is 3. The molecule has 4 amide bonds. The topological polar surface area (TPSA) is 69.7 Å². The van der Waals surface area contributed by atoms with Gasteiger partial charge in [0.25, 0.3) is 5.91 Å². The maximum Gasteiger partial charge on any atom is 0.332 e. The number of aryl methyl sites for hydroxylation is 1. The maximum atomic E-state index is 13.2. The van der Waals surface area contributed by atoms with Gasteiger partial charge in [0.2, 0.25) is 5.91 Å². The molecule has 0 radical (unpaired) electrons. The Morgan fingerprint density at radius 3 is 2.30 bits per heavy atom. The van der Waals surface area contributed by atoms with E-state index in [-0.39, 0.29) is 24.3 Å². The average molecular weight is 428 g/mol. The molecular weight excluding hydrogens is 402 g/mol. The van der Waals surface area contributed by atoms with E-state index in [0.717, 1.165) is 12.0 Å². The number of carbonyl (C=O) groups is 3. The van der Waals surface area contributed by atoms with E-state index in [9.17, 15) is 14.4 Å². The Labute approximate surface area is 181 Å². The minimum atomic E-state index is -0.829. The molecule has 0 aromatic heterocycles. The predicted molar refractivity (Wildman–Crippen MR) is 119 cm³/mol. The first-order valence-electron chi connectivity index (χ1n) is 10.0. The number of anilines is 2. The molecule has 0 bridgehead atoms. The number of hydrogen-bond donors (Lipinski definition) is 1. The molecule has 158 valence electrons. The Hall–Kier alpha value is -2.86. The van der Waals surface area contributed by atoms with Crippen LogP contribution in [0.2, 0.25) is 5.02 Å². The lowest BCUT2D eigenvalue weighted by Crippen LogP contribution is -2.39. The van der Waals surface area contributed by atoms with Crippen LogP contribution in [0.15, 0.2) is 48.5 Å². The van der Waals surface area contributed by atoms with Crippen molar-refractivity contribution in [2.75, 3.05) is 16.8 Å². The summed E-state index contributed by atoms with van der Waals surface area (Å²) >= 11 is 5.88. The first-order valence-corrected chi connectivity index (χ1v) is 10.4. The summed E-state index contributed by atoms with van der Waals surface area (Å²) in [5, 5.41) is 3.34. The minimum Gasteiger partial charge on any atom is -0.326 e. The van der Waals surface area contributed by atoms with Crippen molar-refractivity contribution in [1.29, 1.82) is 0 Å². The van der Waals surface area contributed by atoms with E-state index in [2.05, 4.69) is 19.2 Å². The predicted octanol–water partition coefficient (Wildman–Crippen LogP) is 4.86. The van der Waals surface area contributed by atoms with Gasteiger partial charge in [-0.2, -0.15) is 0 Å². The molecular formula is C23H26ClN3O3. The van der Waals surface area contributed by atoms with E-state index in [1.54, 1.807) is 36.4 Å². The summed E-state index contributed by atoms with van der Waals surface area (Å²) in [6.45, 7) is 6.48. The number of nitrogens with one attached hydrogen (secondary N) is 1. The average Bonchev–Trinajstić information content (AvgIpc) is 2.92. The van der Waals surface area contributed by atoms with Crippen molar-refractivity contribution in [2.24, 2.45) is 5.92 Å². The van der Waals surface area contributed by atoms with E-state index in [1.807, 2.05) is 19.1 Å². The lowest BCUT2D eigenvalue weighted by atomic mass is 10.1. The third kappa shape index (κ3) is 5.00. The van der Waals surface area contributed by atoms with E-state index in [0.29, 0.717) is 28.9 Å². The second-order valence-corrected chi connectivity index (χ2v) is 8.38. The molecule has 1 heterocycles. The van der Waals surface area contributed by atoms with Crippen molar-refractivity contribution in [3.05, 3.63) is 59.1 Å². The van der Waals surface area contributed by atoms with Gasteiger partial charge in [0.05, 0.1) is 12.1 Å². The van der Waals surface area contributed by atoms with E-state index in [4.69, 9.17) is 11.6 Å². The normalized spacial score (nSPS) is 16.5. The number of imide groups is 1. The molecule has 1 saturated heterocycles. The summed E-state index contributed by atoms with van der Waals surface area (Å²) in [6.07, 6.45) is 0.643. The first-order chi connectivity index (χ1) is 14.3. The minimum absolute atomic E-state index is 0.104. The monoisotopic (exact) mass is 427 g/mol. The molecule has 0 aliphatic carbocycles. The molecule has 0 spiro atoms. The van der Waals surface area contributed by atoms with Crippen molar-refractivity contribution in [3.63, 3.8) is 0 Å². The van der Waals surface area contributed by atoms with Crippen molar-refractivity contribution in [1.82, 2.24) is 4.90 Å². The highest BCUT2D eigenvalue weighted by molar-refractivity contribution is 6.30. The summed E-state index contributed by atoms with van der Waals surface area (Å²) in [7, 11) is 0. The SMILES string of the molecule is Cc1ccc(N2C(=O)C(CC(=O)Nc3ccc(Cl)cc3)N(CCC(C)C)C2=O)cc1. The van der Waals surface area contributed by atoms with Crippen LogP contribution in [0.4, 0.5) is 16.2 Å². The van der Waals surface area contributed by atoms with Gasteiger partial charge in [-0.15, -0.1) is 0 Å². The molecule has 1 N–H and O–H groups in total. The van der Waals surface area contributed by atoms with E-state index in [1.165, 1.54) is 9.80 Å². The molecule has 2 aromatic rings. The first kappa shape index (κ1) is 21.8. The quantitative estimate of drug-likeness (QED) is 0.641. The van der Waals surface area contributed by atoms with Crippen LogP contribution in [0.1, 0.15) is 32.3 Å². The molecule has 1 aliphatic heterocycles. The van der Waals surface area contributed by atoms with Crippen LogP contribution in [0.3, 0.4) is 0 Å². The molecule has 3 rings (SSSR count). The molecule has 6 nitrogen and oxygen atoms in total. The summed E-state index contributed by atoms with van der Waals surface area (Å²) in [5.74, 6) is -0.340. The molecule has 1 fully saturated rings. The number of benzene rings is 2. The van der Waals surface area contributed by atoms with E-state index >= 15 is 0 Å². The zero-order chi connectivity index (χ0) is 21.8. The van der Waals surface area contributed by atoms with Crippen molar-refractivity contribution >= 4 is 40.8 Å². The Bertz CT molecular complexity index is 926. The second-order valence-electron chi connectivity index (χ2n) is 7.94. The van der Waals surface area contributed by atoms with Gasteiger partial charge in [0.1, 0.15) is 6.04 Å². The van der Waals surface area contributed by atoms with Gasteiger partial charge in [-0.05, 0) is 55.7 Å². The molecule has 1 aliphatic rings. The van der Waals surface area contributed by atoms with Crippen LogP contribution in [0.5, 0.6) is 0 Å². The van der Waals surface area contributed by atoms with Crippen LogP contribution < -0.4 is 10.2 Å². The van der Waals surface area contributed by atoms with Gasteiger partial charge < -0.3 is 10.2 Å². The lowest BCUT2D eigenvalue weighted by Gasteiger charge is -2.22. The fraction of sp³-hybridized carbons (Fsp3) is 0.348. The zero-order valence-corrected chi connectivity index (χ0v) is 18.1. The molecule has 7 heteroatoms. The second kappa shape index (κ2) is 9.30. The molecule has 0 saturated carbocycles. The van der Waals surface area contributed by atoms with Crippen LogP contribution in [0.25, 0.3) is 0 Å². The summed E-state index contributed by atoms with van der Waals surface area (Å²) < 4.78 is 0. The highest BCUT2D eigenvalue weighted by Gasteiger charge is 2.46. The molecule has 1 atom stereocenters. The van der Waals surface area contributed by atoms with Crippen LogP contribution >= 0.6 is 11.6 Å². The Morgan fingerprint density at radius 2 is 1.70 bits per heavy atom. The standard InChI is InChI=1S/C23H26ClN3O3/c1-15(2)12-13-26-20(14-21(28)25-18-8-6-17(24)7-9-18)22(29)27(23(26)30)19-10-4-16(3)5-11-19/h4-11,15,20H,12-14H2,1-3H3,(H,25,28). The lowest BCUT2D eigenvalue weighted by molar-refractivity contribution is -0.124. The Morgan fingerprint density at radius 1 is 1.07 bits per heavy atom. The summed E-state index contributed by atoms with van der Waals surface area (Å²) in [5.41, 5.74) is 2.14.